The minimum Gasteiger partial charge on any atom is -0.380 e. The summed E-state index contributed by atoms with van der Waals surface area (Å²) < 4.78 is 5.45. The van der Waals surface area contributed by atoms with Gasteiger partial charge in [0.1, 0.15) is 0 Å². The van der Waals surface area contributed by atoms with Gasteiger partial charge in [-0.15, -0.1) is 0 Å². The molecule has 1 saturated carbocycles. The van der Waals surface area contributed by atoms with Gasteiger partial charge in [-0.05, 0) is 31.2 Å². The van der Waals surface area contributed by atoms with Crippen LogP contribution in [0.4, 0.5) is 0 Å². The van der Waals surface area contributed by atoms with Crippen LogP contribution in [0.3, 0.4) is 0 Å². The number of nitrogens with zero attached hydrogens (tertiary/aromatic N) is 1. The Hall–Kier alpha value is -0.120. The summed E-state index contributed by atoms with van der Waals surface area (Å²) in [4.78, 5) is 2.54. The van der Waals surface area contributed by atoms with Crippen LogP contribution in [0.5, 0.6) is 0 Å². The second kappa shape index (κ2) is 4.60. The molecule has 2 fully saturated rings. The molecule has 0 aromatic rings. The van der Waals surface area contributed by atoms with Crippen molar-refractivity contribution in [2.75, 3.05) is 39.4 Å². The molecule has 0 amide bonds. The van der Waals surface area contributed by atoms with Crippen LogP contribution in [0.15, 0.2) is 0 Å². The van der Waals surface area contributed by atoms with Gasteiger partial charge in [0, 0.05) is 26.2 Å². The maximum absolute atomic E-state index is 5.87. The molecule has 3 nitrogen and oxygen atoms in total. The van der Waals surface area contributed by atoms with Crippen molar-refractivity contribution >= 4 is 0 Å². The van der Waals surface area contributed by atoms with Gasteiger partial charge in [0.05, 0.1) is 6.61 Å². The first-order chi connectivity index (χ1) is 6.85. The van der Waals surface area contributed by atoms with Crippen LogP contribution in [-0.2, 0) is 4.74 Å². The topological polar surface area (TPSA) is 38.5 Å². The highest BCUT2D eigenvalue weighted by Crippen LogP contribution is 2.40. The summed E-state index contributed by atoms with van der Waals surface area (Å²) >= 11 is 0. The van der Waals surface area contributed by atoms with Crippen molar-refractivity contribution in [2.45, 2.75) is 25.7 Å². The van der Waals surface area contributed by atoms with Crippen molar-refractivity contribution in [3.05, 3.63) is 0 Å². The van der Waals surface area contributed by atoms with Crippen molar-refractivity contribution in [1.82, 2.24) is 4.90 Å². The molecule has 1 aliphatic carbocycles. The van der Waals surface area contributed by atoms with Crippen LogP contribution in [-0.4, -0.2) is 44.3 Å². The van der Waals surface area contributed by atoms with E-state index in [9.17, 15) is 0 Å². The van der Waals surface area contributed by atoms with E-state index in [1.165, 1.54) is 38.8 Å². The molecule has 0 aromatic heterocycles. The summed E-state index contributed by atoms with van der Waals surface area (Å²) in [7, 11) is 0. The highest BCUT2D eigenvalue weighted by atomic mass is 16.5. The number of hydrogen-bond donors (Lipinski definition) is 1. The number of hydrogen-bond acceptors (Lipinski definition) is 3. The lowest BCUT2D eigenvalue weighted by atomic mass is 9.68. The highest BCUT2D eigenvalue weighted by molar-refractivity contribution is 4.91. The summed E-state index contributed by atoms with van der Waals surface area (Å²) in [5, 5.41) is 0. The first-order valence-electron chi connectivity index (χ1n) is 5.85. The van der Waals surface area contributed by atoms with E-state index in [-0.39, 0.29) is 0 Å². The van der Waals surface area contributed by atoms with E-state index >= 15 is 0 Å². The Morgan fingerprint density at radius 3 is 2.64 bits per heavy atom. The zero-order valence-corrected chi connectivity index (χ0v) is 9.00. The second-order valence-corrected chi connectivity index (χ2v) is 4.80. The molecule has 0 bridgehead atoms. The first kappa shape index (κ1) is 10.4. The third-order valence-corrected chi connectivity index (χ3v) is 3.72. The molecule has 1 saturated heterocycles. The molecule has 2 aliphatic rings. The lowest BCUT2D eigenvalue weighted by Crippen LogP contribution is -2.47. The van der Waals surface area contributed by atoms with E-state index in [0.717, 1.165) is 26.3 Å². The molecule has 14 heavy (non-hydrogen) atoms. The molecule has 0 spiro atoms. The Balaban J connectivity index is 1.82. The molecule has 0 aromatic carbocycles. The lowest BCUT2D eigenvalue weighted by molar-refractivity contribution is 0.0707. The van der Waals surface area contributed by atoms with E-state index in [0.29, 0.717) is 5.41 Å². The smallest absolute Gasteiger partial charge is 0.0593 e. The largest absolute Gasteiger partial charge is 0.380 e. The van der Waals surface area contributed by atoms with Crippen LogP contribution in [0.2, 0.25) is 0 Å². The van der Waals surface area contributed by atoms with Crippen LogP contribution < -0.4 is 5.73 Å². The molecule has 2 N–H and O–H groups in total. The predicted octanol–water partition coefficient (Wildman–Crippen LogP) is 0.838. The van der Waals surface area contributed by atoms with Crippen molar-refractivity contribution in [3.63, 3.8) is 0 Å². The van der Waals surface area contributed by atoms with Crippen molar-refractivity contribution in [1.29, 1.82) is 0 Å². The van der Waals surface area contributed by atoms with Gasteiger partial charge in [-0.25, -0.2) is 0 Å². The Labute approximate surface area is 86.6 Å². The third kappa shape index (κ3) is 2.27. The van der Waals surface area contributed by atoms with Gasteiger partial charge in [0.15, 0.2) is 0 Å². The van der Waals surface area contributed by atoms with Crippen LogP contribution in [0.25, 0.3) is 0 Å². The van der Waals surface area contributed by atoms with Gasteiger partial charge >= 0.3 is 0 Å². The van der Waals surface area contributed by atoms with Crippen molar-refractivity contribution in [2.24, 2.45) is 11.1 Å². The Morgan fingerprint density at radius 1 is 1.14 bits per heavy atom. The standard InChI is InChI=1S/C11H22N2O/c12-9-11(3-1-4-11)10-13-5-2-7-14-8-6-13/h1-10,12H2. The summed E-state index contributed by atoms with van der Waals surface area (Å²) in [5.74, 6) is 0. The summed E-state index contributed by atoms with van der Waals surface area (Å²) in [6.45, 7) is 6.20. The van der Waals surface area contributed by atoms with Gasteiger partial charge in [0.25, 0.3) is 0 Å². The van der Waals surface area contributed by atoms with Gasteiger partial charge in [-0.3, -0.25) is 0 Å². The first-order valence-corrected chi connectivity index (χ1v) is 5.85. The summed E-state index contributed by atoms with van der Waals surface area (Å²) in [5.41, 5.74) is 6.33. The zero-order valence-electron chi connectivity index (χ0n) is 9.00. The van der Waals surface area contributed by atoms with E-state index in [1.807, 2.05) is 0 Å². The van der Waals surface area contributed by atoms with E-state index in [4.69, 9.17) is 10.5 Å². The van der Waals surface area contributed by atoms with Gasteiger partial charge in [-0.2, -0.15) is 0 Å². The zero-order chi connectivity index (χ0) is 9.86. The average molecular weight is 198 g/mol. The fraction of sp³-hybridized carbons (Fsp3) is 1.00. The summed E-state index contributed by atoms with van der Waals surface area (Å²) in [6, 6.07) is 0. The molecule has 3 heteroatoms. The molecule has 0 atom stereocenters. The second-order valence-electron chi connectivity index (χ2n) is 4.80. The van der Waals surface area contributed by atoms with Gasteiger partial charge in [0.2, 0.25) is 0 Å². The molecule has 0 unspecified atom stereocenters. The minimum atomic E-state index is 0.463. The van der Waals surface area contributed by atoms with Crippen LogP contribution in [0, 0.1) is 5.41 Å². The maximum Gasteiger partial charge on any atom is 0.0593 e. The summed E-state index contributed by atoms with van der Waals surface area (Å²) in [6.07, 6.45) is 5.23. The van der Waals surface area contributed by atoms with Crippen molar-refractivity contribution in [3.8, 4) is 0 Å². The Kier molecular flexibility index (Phi) is 3.42. The fourth-order valence-electron chi connectivity index (χ4n) is 2.53. The van der Waals surface area contributed by atoms with E-state index in [2.05, 4.69) is 4.90 Å². The maximum atomic E-state index is 5.87. The number of nitrogens with two attached hydrogens (primary N) is 1. The predicted molar refractivity (Wildman–Crippen MR) is 57.2 cm³/mol. The molecule has 2 rings (SSSR count). The highest BCUT2D eigenvalue weighted by Gasteiger charge is 2.36. The quantitative estimate of drug-likeness (QED) is 0.730. The van der Waals surface area contributed by atoms with Crippen LogP contribution >= 0.6 is 0 Å². The Morgan fingerprint density at radius 2 is 2.00 bits per heavy atom. The third-order valence-electron chi connectivity index (χ3n) is 3.72. The number of ether oxygens (including phenoxy) is 1. The van der Waals surface area contributed by atoms with Gasteiger partial charge < -0.3 is 15.4 Å². The monoisotopic (exact) mass is 198 g/mol. The average Bonchev–Trinajstić information content (AvgIpc) is 2.39. The fourth-order valence-corrected chi connectivity index (χ4v) is 2.53. The molecule has 82 valence electrons. The van der Waals surface area contributed by atoms with Gasteiger partial charge in [-0.1, -0.05) is 6.42 Å². The SMILES string of the molecule is NCC1(CN2CCCOCC2)CCC1. The number of rotatable bonds is 3. The van der Waals surface area contributed by atoms with Crippen LogP contribution in [0.1, 0.15) is 25.7 Å². The molecule has 1 aliphatic heterocycles. The lowest BCUT2D eigenvalue weighted by Gasteiger charge is -2.44. The van der Waals surface area contributed by atoms with Crippen molar-refractivity contribution < 1.29 is 4.74 Å². The molecule has 1 heterocycles. The Bertz CT molecular complexity index is 167. The minimum absolute atomic E-state index is 0.463. The van der Waals surface area contributed by atoms with E-state index in [1.54, 1.807) is 0 Å². The molecular formula is C11H22N2O. The molecule has 0 radical (unpaired) electrons. The molecular weight excluding hydrogens is 176 g/mol. The normalized spacial score (nSPS) is 28.1. The van der Waals surface area contributed by atoms with E-state index < -0.39 is 0 Å².